The predicted molar refractivity (Wildman–Crippen MR) is 219 cm³/mol. The summed E-state index contributed by atoms with van der Waals surface area (Å²) in [6.07, 6.45) is 3.44. The van der Waals surface area contributed by atoms with Crippen molar-refractivity contribution in [3.05, 3.63) is 54.9 Å². The van der Waals surface area contributed by atoms with Crippen LogP contribution in [0.4, 0.5) is 32.6 Å². The van der Waals surface area contributed by atoms with Crippen LogP contribution in [-0.2, 0) is 21.4 Å². The van der Waals surface area contributed by atoms with Gasteiger partial charge in [-0.15, -0.1) is 0 Å². The molecule has 14 nitrogen and oxygen atoms in total. The van der Waals surface area contributed by atoms with E-state index in [9.17, 15) is 9.59 Å². The van der Waals surface area contributed by atoms with Crippen LogP contribution < -0.4 is 20.3 Å². The zero-order valence-corrected chi connectivity index (χ0v) is 34.8. The predicted octanol–water partition coefficient (Wildman–Crippen LogP) is 7.83. The number of para-hydroxylation sites is 1. The first kappa shape index (κ1) is 41.9. The average molecular weight is 763 g/mol. The number of rotatable bonds is 17. The van der Waals surface area contributed by atoms with Crippen LogP contribution in [0.2, 0.25) is 25.7 Å². The van der Waals surface area contributed by atoms with Crippen molar-refractivity contribution >= 4 is 54.2 Å². The second-order valence-corrected chi connectivity index (χ2v) is 21.2. The second-order valence-electron chi connectivity index (χ2n) is 15.6. The van der Waals surface area contributed by atoms with Crippen LogP contribution in [0.5, 0.6) is 5.75 Å². The molecule has 15 heteroatoms. The van der Waals surface area contributed by atoms with Gasteiger partial charge < -0.3 is 33.9 Å². The molecule has 54 heavy (non-hydrogen) atoms. The summed E-state index contributed by atoms with van der Waals surface area (Å²) >= 11 is 0. The lowest BCUT2D eigenvalue weighted by atomic mass is 10.1. The van der Waals surface area contributed by atoms with E-state index in [-0.39, 0.29) is 0 Å². The Bertz CT molecular complexity index is 1870. The molecule has 0 aliphatic rings. The highest BCUT2D eigenvalue weighted by molar-refractivity contribution is 6.76. The maximum atomic E-state index is 13.1. The number of nitrogens with one attached hydrogen (secondary N) is 2. The smallest absolute Gasteiger partial charge is 0.434 e. The van der Waals surface area contributed by atoms with Crippen molar-refractivity contribution in [2.75, 3.05) is 76.6 Å². The Balaban J connectivity index is 1.49. The molecular formula is C39H58N8O6Si. The van der Waals surface area contributed by atoms with E-state index >= 15 is 0 Å². The van der Waals surface area contributed by atoms with Crippen LogP contribution in [0.15, 0.2) is 54.9 Å². The highest BCUT2D eigenvalue weighted by Gasteiger charge is 2.21. The van der Waals surface area contributed by atoms with Crippen molar-refractivity contribution in [1.29, 1.82) is 0 Å². The van der Waals surface area contributed by atoms with Gasteiger partial charge in [-0.25, -0.2) is 19.6 Å². The number of amides is 2. The number of likely N-dealkylation sites (N-methyl/N-ethyl adjacent to an activating group) is 2. The van der Waals surface area contributed by atoms with Crippen molar-refractivity contribution in [3.8, 4) is 17.0 Å². The standard InChI is InChI=1S/C39H58N8O6Si/c1-39(2,3)53-38(49)47(7)52-22-14-19-44(4)20-21-45(5)34-26-35(50-8)32(25-31(34)43-37(48)51-23-24-54(9,10)11)42-36-40-18-17-30(41-36)29-27-46(6)33-16-13-12-15-28(29)33/h12-13,15-18,25-27H,14,19-24H2,1-11H3,(H,43,48)(H,40,41,42). The molecule has 0 aliphatic carbocycles. The molecule has 2 amide bonds. The molecule has 294 valence electrons. The first-order valence-electron chi connectivity index (χ1n) is 18.2. The van der Waals surface area contributed by atoms with Gasteiger partial charge in [0, 0.05) is 83.8 Å². The summed E-state index contributed by atoms with van der Waals surface area (Å²) in [6.45, 7) is 15.0. The molecule has 0 radical (unpaired) electrons. The Hall–Kier alpha value is -4.86. The van der Waals surface area contributed by atoms with Gasteiger partial charge in [0.1, 0.15) is 11.4 Å². The van der Waals surface area contributed by atoms with Crippen molar-refractivity contribution in [1.82, 2.24) is 24.5 Å². The van der Waals surface area contributed by atoms with Gasteiger partial charge in [0.05, 0.1) is 43.1 Å². The summed E-state index contributed by atoms with van der Waals surface area (Å²) < 4.78 is 18.9. The minimum absolute atomic E-state index is 0.352. The summed E-state index contributed by atoms with van der Waals surface area (Å²) in [5.74, 6) is 0.930. The average Bonchev–Trinajstić information content (AvgIpc) is 3.44. The largest absolute Gasteiger partial charge is 0.494 e. The van der Waals surface area contributed by atoms with Gasteiger partial charge in [-0.1, -0.05) is 37.8 Å². The first-order valence-corrected chi connectivity index (χ1v) is 21.9. The maximum Gasteiger partial charge on any atom is 0.434 e. The van der Waals surface area contributed by atoms with Crippen LogP contribution in [0.3, 0.4) is 0 Å². The molecule has 0 saturated carbocycles. The Kier molecular flexibility index (Phi) is 14.3. The lowest BCUT2D eigenvalue weighted by Gasteiger charge is -2.27. The lowest BCUT2D eigenvalue weighted by Crippen LogP contribution is -2.35. The number of carbonyl (C=O) groups is 2. The quantitative estimate of drug-likeness (QED) is 0.0619. The molecule has 0 unspecified atom stereocenters. The molecule has 0 aliphatic heterocycles. The van der Waals surface area contributed by atoms with E-state index in [0.29, 0.717) is 49.3 Å². The van der Waals surface area contributed by atoms with E-state index in [2.05, 4.69) is 68.0 Å². The van der Waals surface area contributed by atoms with E-state index in [1.807, 2.05) is 72.2 Å². The summed E-state index contributed by atoms with van der Waals surface area (Å²) in [4.78, 5) is 44.4. The highest BCUT2D eigenvalue weighted by Crippen LogP contribution is 2.38. The normalized spacial score (nSPS) is 11.8. The van der Waals surface area contributed by atoms with E-state index in [0.717, 1.165) is 52.0 Å². The van der Waals surface area contributed by atoms with E-state index in [1.54, 1.807) is 20.4 Å². The number of hydrogen-bond acceptors (Lipinski definition) is 11. The molecule has 0 fully saturated rings. The number of hydroxylamine groups is 2. The number of fused-ring (bicyclic) bond motifs is 1. The summed E-state index contributed by atoms with van der Waals surface area (Å²) in [6, 6.07) is 14.7. The Morgan fingerprint density at radius 1 is 0.963 bits per heavy atom. The highest BCUT2D eigenvalue weighted by atomic mass is 28.3. The van der Waals surface area contributed by atoms with Crippen LogP contribution >= 0.6 is 0 Å². The Labute approximate surface area is 320 Å². The third-order valence-corrected chi connectivity index (χ3v) is 10.3. The van der Waals surface area contributed by atoms with E-state index < -0.39 is 25.9 Å². The molecule has 2 N–H and O–H groups in total. The van der Waals surface area contributed by atoms with Crippen LogP contribution in [-0.4, -0.2) is 111 Å². The number of hydrogen-bond donors (Lipinski definition) is 2. The van der Waals surface area contributed by atoms with Gasteiger partial charge >= 0.3 is 12.2 Å². The number of nitrogens with zero attached hydrogens (tertiary/aromatic N) is 6. The topological polar surface area (TPSA) is 136 Å². The van der Waals surface area contributed by atoms with Gasteiger partial charge in [-0.3, -0.25) is 10.2 Å². The van der Waals surface area contributed by atoms with Crippen molar-refractivity contribution in [2.24, 2.45) is 7.05 Å². The number of aryl methyl sites for hydroxylation is 1. The molecule has 4 aromatic rings. The molecular weight excluding hydrogens is 705 g/mol. The number of ether oxygens (including phenoxy) is 3. The first-order chi connectivity index (χ1) is 25.4. The van der Waals surface area contributed by atoms with Gasteiger partial charge in [0.25, 0.3) is 0 Å². The van der Waals surface area contributed by atoms with Crippen LogP contribution in [0.1, 0.15) is 27.2 Å². The molecule has 0 spiro atoms. The fourth-order valence-electron chi connectivity index (χ4n) is 5.55. The minimum Gasteiger partial charge on any atom is -0.494 e. The van der Waals surface area contributed by atoms with Crippen LogP contribution in [0, 0.1) is 0 Å². The van der Waals surface area contributed by atoms with Gasteiger partial charge in [-0.05, 0) is 58.5 Å². The number of carbonyl (C=O) groups excluding carboxylic acids is 2. The van der Waals surface area contributed by atoms with Gasteiger partial charge in [-0.2, -0.15) is 5.06 Å². The van der Waals surface area contributed by atoms with Gasteiger partial charge in [0.15, 0.2) is 0 Å². The SMILES string of the molecule is COc1cc(N(C)CCN(C)CCCON(C)C(=O)OC(C)(C)C)c(NC(=O)OCC[Si](C)(C)C)cc1Nc1nccc(-c2cn(C)c3ccccc23)n1. The van der Waals surface area contributed by atoms with Gasteiger partial charge in [0.2, 0.25) is 5.95 Å². The third-order valence-electron chi connectivity index (χ3n) is 8.56. The molecule has 0 bridgehead atoms. The molecule has 2 heterocycles. The number of methoxy groups -OCH3 is 1. The number of aromatic nitrogens is 3. The Morgan fingerprint density at radius 3 is 2.41 bits per heavy atom. The van der Waals surface area contributed by atoms with Crippen molar-refractivity contribution < 1.29 is 28.6 Å². The van der Waals surface area contributed by atoms with E-state index in [1.165, 1.54) is 0 Å². The maximum absolute atomic E-state index is 13.1. The second kappa shape index (κ2) is 18.5. The lowest BCUT2D eigenvalue weighted by molar-refractivity contribution is -0.132. The summed E-state index contributed by atoms with van der Waals surface area (Å²) in [7, 11) is 7.76. The number of anilines is 4. The monoisotopic (exact) mass is 762 g/mol. The van der Waals surface area contributed by atoms with Crippen molar-refractivity contribution in [2.45, 2.75) is 58.5 Å². The zero-order chi connectivity index (χ0) is 39.6. The fourth-order valence-corrected chi connectivity index (χ4v) is 6.26. The fraction of sp³-hybridized carbons (Fsp3) is 0.487. The molecule has 2 aromatic carbocycles. The number of benzene rings is 2. The van der Waals surface area contributed by atoms with Crippen LogP contribution in [0.25, 0.3) is 22.2 Å². The van der Waals surface area contributed by atoms with Crippen molar-refractivity contribution in [3.63, 3.8) is 0 Å². The third kappa shape index (κ3) is 12.3. The van der Waals surface area contributed by atoms with E-state index in [4.69, 9.17) is 24.0 Å². The zero-order valence-electron chi connectivity index (χ0n) is 33.8. The molecule has 4 rings (SSSR count). The molecule has 2 aromatic heterocycles. The Morgan fingerprint density at radius 2 is 1.70 bits per heavy atom. The summed E-state index contributed by atoms with van der Waals surface area (Å²) in [5.41, 5.74) is 4.16. The molecule has 0 saturated heterocycles. The summed E-state index contributed by atoms with van der Waals surface area (Å²) in [5, 5.41) is 8.53. The molecule has 0 atom stereocenters. The minimum atomic E-state index is -1.40.